The van der Waals surface area contributed by atoms with Crippen molar-refractivity contribution in [3.8, 4) is 0 Å². The average Bonchev–Trinajstić information content (AvgIpc) is 3.25. The maximum atomic E-state index is 13.3. The van der Waals surface area contributed by atoms with Crippen LogP contribution in [0.2, 0.25) is 0 Å². The third-order valence-corrected chi connectivity index (χ3v) is 6.92. The van der Waals surface area contributed by atoms with E-state index < -0.39 is 42.3 Å². The van der Waals surface area contributed by atoms with E-state index in [9.17, 15) is 33.6 Å². The molecule has 2 rings (SSSR count). The number of nitrogens with zero attached hydrogens (tertiary/aromatic N) is 1. The van der Waals surface area contributed by atoms with Crippen molar-refractivity contribution in [1.29, 1.82) is 0 Å². The fourth-order valence-electron chi connectivity index (χ4n) is 4.45. The van der Waals surface area contributed by atoms with E-state index in [4.69, 9.17) is 16.6 Å². The number of carbonyl (C=O) groups excluding carboxylic acids is 7. The van der Waals surface area contributed by atoms with E-state index in [-0.39, 0.29) is 82.6 Å². The Morgan fingerprint density at radius 1 is 1.07 bits per heavy atom. The predicted octanol–water partition coefficient (Wildman–Crippen LogP) is -0.200. The van der Waals surface area contributed by atoms with E-state index in [0.29, 0.717) is 17.7 Å². The highest BCUT2D eigenvalue weighted by Gasteiger charge is 2.35. The van der Waals surface area contributed by atoms with Crippen molar-refractivity contribution in [2.45, 2.75) is 58.7 Å². The second-order valence-electron chi connectivity index (χ2n) is 11.0. The lowest BCUT2D eigenvalue weighted by Gasteiger charge is -2.25. The number of nitrogens with one attached hydrogen (secondary N) is 4. The van der Waals surface area contributed by atoms with Gasteiger partial charge in [0.1, 0.15) is 25.3 Å². The second kappa shape index (κ2) is 19.7. The Morgan fingerprint density at radius 2 is 1.76 bits per heavy atom. The lowest BCUT2D eigenvalue weighted by Crippen LogP contribution is -2.55. The minimum atomic E-state index is -1.17. The highest BCUT2D eigenvalue weighted by atomic mass is 16.5. The first-order chi connectivity index (χ1) is 22.3. The summed E-state index contributed by atoms with van der Waals surface area (Å²) < 4.78 is 22.2. The lowest BCUT2D eigenvalue weighted by atomic mass is 10.0. The Kier molecular flexibility index (Phi) is 15.4. The van der Waals surface area contributed by atoms with E-state index in [2.05, 4.69) is 26.0 Å². The van der Waals surface area contributed by atoms with E-state index in [0.717, 1.165) is 0 Å². The highest BCUT2D eigenvalue weighted by molar-refractivity contribution is 6.03. The number of anilines is 1. The van der Waals surface area contributed by atoms with E-state index >= 15 is 0 Å². The summed E-state index contributed by atoms with van der Waals surface area (Å²) in [4.78, 5) is 85.7. The van der Waals surface area contributed by atoms with Gasteiger partial charge in [0.2, 0.25) is 29.5 Å². The molecule has 0 aliphatic carbocycles. The van der Waals surface area contributed by atoms with E-state index in [1.165, 1.54) is 4.90 Å². The number of benzene rings is 1. The average molecular weight is 650 g/mol. The zero-order valence-electron chi connectivity index (χ0n) is 27.3. The summed E-state index contributed by atoms with van der Waals surface area (Å²) in [6.45, 7) is 5.31. The molecule has 0 spiro atoms. The fraction of sp³-hybridized carbons (Fsp3) is 0.567. The molecule has 16 nitrogen and oxygen atoms in total. The molecule has 1 aliphatic heterocycles. The molecule has 0 radical (unpaired) electrons. The van der Waals surface area contributed by atoms with Crippen LogP contribution in [0, 0.1) is 11.8 Å². The van der Waals surface area contributed by atoms with Gasteiger partial charge in [-0.25, -0.2) is 4.79 Å². The Balaban J connectivity index is 1.87. The van der Waals surface area contributed by atoms with Gasteiger partial charge < -0.3 is 41.2 Å². The van der Waals surface area contributed by atoms with Crippen molar-refractivity contribution >= 4 is 47.7 Å². The molecule has 46 heavy (non-hydrogen) atoms. The van der Waals surface area contributed by atoms with Gasteiger partial charge in [0.05, 0.1) is 26.4 Å². The Morgan fingerprint density at radius 3 is 2.37 bits per heavy atom. The fourth-order valence-corrected chi connectivity index (χ4v) is 4.45. The number of carbonyl (C=O) groups is 7. The number of ether oxygens (including phenoxy) is 3. The number of imide groups is 1. The number of rotatable bonds is 20. The maximum absolute atomic E-state index is 13.3. The van der Waals surface area contributed by atoms with Gasteiger partial charge in [-0.15, -0.1) is 0 Å². The quantitative estimate of drug-likeness (QED) is 0.0710. The van der Waals surface area contributed by atoms with Gasteiger partial charge in [-0.05, 0) is 36.5 Å². The molecule has 0 aromatic heterocycles. The summed E-state index contributed by atoms with van der Waals surface area (Å²) in [5, 5.41) is 10.4. The molecular weight excluding hydrogens is 604 g/mol. The molecule has 1 saturated heterocycles. The van der Waals surface area contributed by atoms with E-state index in [1.807, 2.05) is 0 Å². The number of hydrogen-bond donors (Lipinski definition) is 5. The molecule has 1 aromatic rings. The third kappa shape index (κ3) is 13.2. The van der Waals surface area contributed by atoms with Crippen molar-refractivity contribution in [2.24, 2.45) is 17.6 Å². The largest absolute Gasteiger partial charge is 0.463 e. The number of nitrogens with two attached hydrogens (primary N) is 1. The van der Waals surface area contributed by atoms with Crippen LogP contribution in [0.3, 0.4) is 0 Å². The molecule has 1 aliphatic rings. The SMILES string of the molecule is [2H]C(=O)OCc1ccc(NC(=O)[C@H](CCCNC(N)=O)NC(=O)[C@@H](NC(=O)COCCOCCN2C(=O)CC(C)C2=O)C(C)C)cc1. The molecule has 6 N–H and O–H groups in total. The van der Waals surface area contributed by atoms with Crippen molar-refractivity contribution in [2.75, 3.05) is 44.8 Å². The van der Waals surface area contributed by atoms with Gasteiger partial charge in [0, 0.05) is 24.6 Å². The van der Waals surface area contributed by atoms with Crippen molar-refractivity contribution in [3.63, 3.8) is 0 Å². The summed E-state index contributed by atoms with van der Waals surface area (Å²) in [7, 11) is 0. The van der Waals surface area contributed by atoms with Gasteiger partial charge in [-0.3, -0.25) is 33.7 Å². The smallest absolute Gasteiger partial charge is 0.312 e. The van der Waals surface area contributed by atoms with Crippen molar-refractivity contribution in [3.05, 3.63) is 29.8 Å². The van der Waals surface area contributed by atoms with Crippen LogP contribution in [0.5, 0.6) is 0 Å². The van der Waals surface area contributed by atoms with Crippen LogP contribution in [0.15, 0.2) is 24.3 Å². The summed E-state index contributed by atoms with van der Waals surface area (Å²) in [6, 6.07) is 3.56. The number of urea groups is 1. The molecule has 7 amide bonds. The van der Waals surface area contributed by atoms with Crippen LogP contribution in [0.4, 0.5) is 10.5 Å². The zero-order chi connectivity index (χ0) is 34.9. The van der Waals surface area contributed by atoms with E-state index in [1.54, 1.807) is 45.0 Å². The maximum Gasteiger partial charge on any atom is 0.312 e. The second-order valence-corrected chi connectivity index (χ2v) is 11.0. The molecule has 3 atom stereocenters. The van der Waals surface area contributed by atoms with Gasteiger partial charge in [0.25, 0.3) is 6.45 Å². The molecule has 1 heterocycles. The zero-order valence-corrected chi connectivity index (χ0v) is 26.3. The molecular formula is C30H44N6O10. The van der Waals surface area contributed by atoms with Crippen LogP contribution in [0.25, 0.3) is 0 Å². The van der Waals surface area contributed by atoms with Gasteiger partial charge in [-0.2, -0.15) is 0 Å². The van der Waals surface area contributed by atoms with Crippen LogP contribution < -0.4 is 27.0 Å². The highest BCUT2D eigenvalue weighted by Crippen LogP contribution is 2.18. The third-order valence-electron chi connectivity index (χ3n) is 6.92. The summed E-state index contributed by atoms with van der Waals surface area (Å²) >= 11 is 0. The normalized spacial score (nSPS) is 16.0. The van der Waals surface area contributed by atoms with Gasteiger partial charge in [-0.1, -0.05) is 32.9 Å². The molecule has 254 valence electrons. The molecule has 1 unspecified atom stereocenters. The van der Waals surface area contributed by atoms with Crippen LogP contribution in [-0.2, 0) is 49.6 Å². The van der Waals surface area contributed by atoms with Gasteiger partial charge in [0.15, 0.2) is 1.37 Å². The number of amides is 7. The summed E-state index contributed by atoms with van der Waals surface area (Å²) in [6.07, 6.45) is -0.535. The Bertz CT molecular complexity index is 1260. The lowest BCUT2D eigenvalue weighted by molar-refractivity contribution is -0.140. The topological polar surface area (TPSA) is 225 Å². The first-order valence-electron chi connectivity index (χ1n) is 15.4. The molecule has 16 heteroatoms. The van der Waals surface area contributed by atoms with Crippen LogP contribution in [-0.4, -0.2) is 98.5 Å². The summed E-state index contributed by atoms with van der Waals surface area (Å²) in [5.74, 6) is -2.85. The van der Waals surface area contributed by atoms with Crippen LogP contribution in [0.1, 0.15) is 47.0 Å². The molecule has 0 bridgehead atoms. The van der Waals surface area contributed by atoms with Crippen LogP contribution >= 0.6 is 0 Å². The monoisotopic (exact) mass is 649 g/mol. The predicted molar refractivity (Wildman–Crippen MR) is 164 cm³/mol. The Hall–Kier alpha value is -4.57. The number of primary amides is 1. The van der Waals surface area contributed by atoms with Gasteiger partial charge >= 0.3 is 6.03 Å². The first-order valence-corrected chi connectivity index (χ1v) is 14.9. The number of hydrogen-bond acceptors (Lipinski definition) is 10. The van der Waals surface area contributed by atoms with Crippen molar-refractivity contribution in [1.82, 2.24) is 20.9 Å². The van der Waals surface area contributed by atoms with Crippen molar-refractivity contribution < 1.29 is 49.1 Å². The molecule has 0 saturated carbocycles. The Labute approximate surface area is 268 Å². The number of likely N-dealkylation sites (tertiary alicyclic amines) is 1. The summed E-state index contributed by atoms with van der Waals surface area (Å²) in [5.41, 5.74) is 6.10. The first kappa shape index (κ1) is 35.9. The standard InChI is InChI=1S/C30H44N6O10/c1-19(2)26(35-24(38)17-45-14-13-44-12-11-36-25(39)15-20(3)29(36)42)28(41)34-23(5-4-10-32-30(31)43)27(40)33-22-8-6-21(7-9-22)16-46-18-37/h6-9,18-20,23,26H,4-5,10-17H2,1-3H3,(H,33,40)(H,34,41)(H,35,38)(H3,31,32,43)/t20?,23-,26-/m0/s1/i18D. The minimum Gasteiger partial charge on any atom is -0.463 e. The molecule has 1 fully saturated rings. The minimum absolute atomic E-state index is 0.0577. The molecule has 1 aromatic carbocycles.